The van der Waals surface area contributed by atoms with Crippen LogP contribution in [0.1, 0.15) is 32.6 Å². The van der Waals surface area contributed by atoms with Gasteiger partial charge in [0.15, 0.2) is 0 Å². The van der Waals surface area contributed by atoms with Crippen molar-refractivity contribution in [2.45, 2.75) is 44.7 Å². The summed E-state index contributed by atoms with van der Waals surface area (Å²) in [5.41, 5.74) is 0. The minimum Gasteiger partial charge on any atom is -0.481 e. The smallest absolute Gasteiger partial charge is 0.317 e. The fourth-order valence-electron chi connectivity index (χ4n) is 2.77. The third-order valence-corrected chi connectivity index (χ3v) is 5.22. The predicted molar refractivity (Wildman–Crippen MR) is 75.4 cm³/mol. The number of hydrogen-bond acceptors (Lipinski definition) is 3. The van der Waals surface area contributed by atoms with E-state index in [4.69, 9.17) is 5.11 Å². The predicted octanol–water partition coefficient (Wildman–Crippen LogP) is 1.78. The van der Waals surface area contributed by atoms with Gasteiger partial charge in [-0.3, -0.25) is 4.79 Å². The van der Waals surface area contributed by atoms with Crippen LogP contribution in [0, 0.1) is 5.92 Å². The molecule has 0 aromatic carbocycles. The van der Waals surface area contributed by atoms with Crippen molar-refractivity contribution in [2.24, 2.45) is 5.92 Å². The van der Waals surface area contributed by atoms with Gasteiger partial charge in [0.25, 0.3) is 0 Å². The first-order valence-electron chi connectivity index (χ1n) is 6.95. The lowest BCUT2D eigenvalue weighted by Gasteiger charge is -2.35. The van der Waals surface area contributed by atoms with Gasteiger partial charge in [0.05, 0.1) is 5.92 Å². The molecule has 2 fully saturated rings. The number of aliphatic carboxylic acids is 1. The summed E-state index contributed by atoms with van der Waals surface area (Å²) in [6.07, 6.45) is 2.90. The number of hydrogen-bond donors (Lipinski definition) is 2. The highest BCUT2D eigenvalue weighted by Gasteiger charge is 2.29. The molecule has 0 aromatic rings. The maximum absolute atomic E-state index is 12.2. The second-order valence-electron chi connectivity index (χ2n) is 5.45. The van der Waals surface area contributed by atoms with E-state index in [2.05, 4.69) is 12.2 Å². The number of thioether (sulfide) groups is 1. The molecule has 1 saturated carbocycles. The lowest BCUT2D eigenvalue weighted by atomic mass is 9.86. The molecule has 0 spiro atoms. The molecule has 2 amide bonds. The second kappa shape index (κ2) is 6.50. The normalized spacial score (nSPS) is 31.8. The van der Waals surface area contributed by atoms with E-state index in [0.717, 1.165) is 30.9 Å². The number of nitrogens with zero attached hydrogens (tertiary/aromatic N) is 1. The molecule has 1 aliphatic carbocycles. The van der Waals surface area contributed by atoms with E-state index < -0.39 is 5.97 Å². The zero-order valence-corrected chi connectivity index (χ0v) is 12.1. The number of carboxylic acids is 1. The van der Waals surface area contributed by atoms with Gasteiger partial charge in [-0.1, -0.05) is 0 Å². The van der Waals surface area contributed by atoms with Crippen LogP contribution in [0.3, 0.4) is 0 Å². The average Bonchev–Trinajstić information content (AvgIpc) is 2.39. The molecule has 1 aliphatic heterocycles. The highest BCUT2D eigenvalue weighted by atomic mass is 32.2. The molecule has 2 N–H and O–H groups in total. The first-order valence-corrected chi connectivity index (χ1v) is 8.11. The van der Waals surface area contributed by atoms with Gasteiger partial charge in [-0.05, 0) is 32.6 Å². The van der Waals surface area contributed by atoms with Gasteiger partial charge in [-0.15, -0.1) is 0 Å². The van der Waals surface area contributed by atoms with Crippen molar-refractivity contribution in [1.82, 2.24) is 10.2 Å². The maximum Gasteiger partial charge on any atom is 0.317 e. The van der Waals surface area contributed by atoms with Crippen LogP contribution in [-0.2, 0) is 4.79 Å². The third-order valence-electron chi connectivity index (χ3n) is 4.03. The van der Waals surface area contributed by atoms with E-state index in [1.807, 2.05) is 16.7 Å². The number of carbonyl (C=O) groups is 2. The van der Waals surface area contributed by atoms with Crippen molar-refractivity contribution in [1.29, 1.82) is 0 Å². The summed E-state index contributed by atoms with van der Waals surface area (Å²) in [5.74, 6) is 1.08. The highest BCUT2D eigenvalue weighted by molar-refractivity contribution is 7.99. The van der Waals surface area contributed by atoms with Crippen LogP contribution in [0.25, 0.3) is 0 Å². The van der Waals surface area contributed by atoms with Crippen molar-refractivity contribution in [2.75, 3.05) is 18.1 Å². The van der Waals surface area contributed by atoms with E-state index >= 15 is 0 Å². The standard InChI is InChI=1S/C13H22N2O3S/c1-9-8-19-7-6-15(9)13(18)14-11-4-2-10(3-5-11)12(16)17/h9-11H,2-8H2,1H3,(H,14,18)(H,16,17). The summed E-state index contributed by atoms with van der Waals surface area (Å²) >= 11 is 1.89. The summed E-state index contributed by atoms with van der Waals surface area (Å²) in [4.78, 5) is 25.0. The second-order valence-corrected chi connectivity index (χ2v) is 6.60. The van der Waals surface area contributed by atoms with Crippen LogP contribution in [-0.4, -0.2) is 52.1 Å². The van der Waals surface area contributed by atoms with Gasteiger partial charge in [0.1, 0.15) is 0 Å². The third kappa shape index (κ3) is 3.78. The molecule has 1 atom stereocenters. The van der Waals surface area contributed by atoms with E-state index in [-0.39, 0.29) is 24.0 Å². The van der Waals surface area contributed by atoms with Gasteiger partial charge in [0, 0.05) is 30.1 Å². The van der Waals surface area contributed by atoms with Crippen LogP contribution < -0.4 is 5.32 Å². The molecule has 108 valence electrons. The number of carbonyl (C=O) groups excluding carboxylic acids is 1. The zero-order chi connectivity index (χ0) is 13.8. The molecule has 1 heterocycles. The number of amides is 2. The highest BCUT2D eigenvalue weighted by Crippen LogP contribution is 2.25. The zero-order valence-electron chi connectivity index (χ0n) is 11.3. The Kier molecular flexibility index (Phi) is 4.96. The number of carboxylic acid groups (broad SMARTS) is 1. The van der Waals surface area contributed by atoms with Crippen LogP contribution in [0.2, 0.25) is 0 Å². The van der Waals surface area contributed by atoms with E-state index in [9.17, 15) is 9.59 Å². The maximum atomic E-state index is 12.2. The van der Waals surface area contributed by atoms with Gasteiger partial charge in [-0.25, -0.2) is 4.79 Å². The van der Waals surface area contributed by atoms with Crippen molar-refractivity contribution in [3.63, 3.8) is 0 Å². The first-order chi connectivity index (χ1) is 9.08. The van der Waals surface area contributed by atoms with Gasteiger partial charge < -0.3 is 15.3 Å². The summed E-state index contributed by atoms with van der Waals surface area (Å²) in [5, 5.41) is 12.0. The average molecular weight is 286 g/mol. The monoisotopic (exact) mass is 286 g/mol. The lowest BCUT2D eigenvalue weighted by Crippen LogP contribution is -2.52. The van der Waals surface area contributed by atoms with Crippen LogP contribution in [0.5, 0.6) is 0 Å². The minimum absolute atomic E-state index is 0.0200. The molecule has 0 aromatic heterocycles. The molecule has 5 nitrogen and oxygen atoms in total. The number of rotatable bonds is 2. The summed E-state index contributed by atoms with van der Waals surface area (Å²) in [6.45, 7) is 2.88. The Morgan fingerprint density at radius 1 is 1.26 bits per heavy atom. The minimum atomic E-state index is -0.702. The Bertz CT molecular complexity index is 343. The van der Waals surface area contributed by atoms with Crippen molar-refractivity contribution < 1.29 is 14.7 Å². The summed E-state index contributed by atoms with van der Waals surface area (Å²) in [7, 11) is 0. The molecule has 2 rings (SSSR count). The van der Waals surface area contributed by atoms with Crippen LogP contribution in [0.15, 0.2) is 0 Å². The van der Waals surface area contributed by atoms with Gasteiger partial charge in [0.2, 0.25) is 0 Å². The quantitative estimate of drug-likeness (QED) is 0.812. The molecule has 1 unspecified atom stereocenters. The SMILES string of the molecule is CC1CSCCN1C(=O)NC1CCC(C(=O)O)CC1. The summed E-state index contributed by atoms with van der Waals surface area (Å²) < 4.78 is 0. The van der Waals surface area contributed by atoms with Gasteiger partial charge in [-0.2, -0.15) is 11.8 Å². The molecule has 2 aliphatic rings. The molecule has 1 saturated heterocycles. The van der Waals surface area contributed by atoms with Crippen LogP contribution in [0.4, 0.5) is 4.79 Å². The van der Waals surface area contributed by atoms with Crippen molar-refractivity contribution in [3.05, 3.63) is 0 Å². The Labute approximate surface area is 118 Å². The van der Waals surface area contributed by atoms with E-state index in [1.165, 1.54) is 0 Å². The van der Waals surface area contributed by atoms with Crippen LogP contribution >= 0.6 is 11.8 Å². The largest absolute Gasteiger partial charge is 0.481 e. The molecule has 19 heavy (non-hydrogen) atoms. The van der Waals surface area contributed by atoms with Crippen molar-refractivity contribution >= 4 is 23.8 Å². The van der Waals surface area contributed by atoms with Gasteiger partial charge >= 0.3 is 12.0 Å². The lowest BCUT2D eigenvalue weighted by molar-refractivity contribution is -0.142. The Morgan fingerprint density at radius 2 is 1.95 bits per heavy atom. The number of nitrogens with one attached hydrogen (secondary N) is 1. The Balaban J connectivity index is 1.78. The Hall–Kier alpha value is -0.910. The number of urea groups is 1. The van der Waals surface area contributed by atoms with Crippen molar-refractivity contribution in [3.8, 4) is 0 Å². The summed E-state index contributed by atoms with van der Waals surface area (Å²) in [6, 6.07) is 0.450. The first kappa shape index (κ1) is 14.5. The van der Waals surface area contributed by atoms with E-state index in [1.54, 1.807) is 0 Å². The molecule has 6 heteroatoms. The topological polar surface area (TPSA) is 69.6 Å². The molecule has 0 bridgehead atoms. The fraction of sp³-hybridized carbons (Fsp3) is 0.846. The Morgan fingerprint density at radius 3 is 2.53 bits per heavy atom. The molecular formula is C13H22N2O3S. The molecule has 0 radical (unpaired) electrons. The molecular weight excluding hydrogens is 264 g/mol. The fourth-order valence-corrected chi connectivity index (χ4v) is 3.78. The van der Waals surface area contributed by atoms with E-state index in [0.29, 0.717) is 12.8 Å².